The van der Waals surface area contributed by atoms with Crippen LogP contribution in [0.2, 0.25) is 0 Å². The van der Waals surface area contributed by atoms with E-state index in [1.807, 2.05) is 30.3 Å². The van der Waals surface area contributed by atoms with E-state index in [2.05, 4.69) is 10.6 Å². The Balaban J connectivity index is 1.29. The second kappa shape index (κ2) is 12.4. The minimum absolute atomic E-state index is 0.0555. The molecule has 0 spiro atoms. The number of hydrogen-bond donors (Lipinski definition) is 2. The maximum atomic E-state index is 13.3. The first-order valence-electron chi connectivity index (χ1n) is 12.1. The topological polar surface area (TPSA) is 97.0 Å². The fraction of sp³-hybridized carbons (Fsp3) is 0.250. The zero-order chi connectivity index (χ0) is 27.8. The lowest BCUT2D eigenvalue weighted by Crippen LogP contribution is -2.37. The maximum Gasteiger partial charge on any atom is 0.416 e. The molecule has 39 heavy (non-hydrogen) atoms. The van der Waals surface area contributed by atoms with Gasteiger partial charge in [-0.1, -0.05) is 42.5 Å². The van der Waals surface area contributed by atoms with E-state index in [1.54, 1.807) is 29.2 Å². The van der Waals surface area contributed by atoms with Crippen LogP contribution in [0.5, 0.6) is 0 Å². The van der Waals surface area contributed by atoms with Crippen LogP contribution in [0.25, 0.3) is 11.1 Å². The van der Waals surface area contributed by atoms with Gasteiger partial charge in [0.25, 0.3) is 11.8 Å². The molecule has 1 aliphatic heterocycles. The molecule has 0 bridgehead atoms. The Kier molecular flexibility index (Phi) is 8.82. The van der Waals surface area contributed by atoms with Gasteiger partial charge >= 0.3 is 12.1 Å². The number of rotatable bonds is 8. The molecule has 1 aliphatic rings. The van der Waals surface area contributed by atoms with Gasteiger partial charge in [-0.05, 0) is 41.5 Å². The molecular weight excluding hydrogens is 515 g/mol. The SMILES string of the molecule is O=C(COC(=O)CNC(=O)c1ccc(-c2ccccc2)cc1)Nc1cc(C(F)(F)F)ccc1N1CCOCC1. The summed E-state index contributed by atoms with van der Waals surface area (Å²) in [5.41, 5.74) is 1.67. The summed E-state index contributed by atoms with van der Waals surface area (Å²) in [6, 6.07) is 19.5. The van der Waals surface area contributed by atoms with Crippen LogP contribution in [0, 0.1) is 0 Å². The van der Waals surface area contributed by atoms with E-state index in [-0.39, 0.29) is 5.69 Å². The van der Waals surface area contributed by atoms with E-state index in [4.69, 9.17) is 9.47 Å². The van der Waals surface area contributed by atoms with E-state index in [0.29, 0.717) is 37.6 Å². The van der Waals surface area contributed by atoms with Gasteiger partial charge in [0.2, 0.25) is 0 Å². The third kappa shape index (κ3) is 7.57. The van der Waals surface area contributed by atoms with E-state index < -0.39 is 42.7 Å². The molecule has 8 nitrogen and oxygen atoms in total. The van der Waals surface area contributed by atoms with Crippen molar-refractivity contribution in [2.45, 2.75) is 6.18 Å². The molecule has 11 heteroatoms. The lowest BCUT2D eigenvalue weighted by molar-refractivity contribution is -0.146. The zero-order valence-electron chi connectivity index (χ0n) is 20.8. The number of amides is 2. The third-order valence-corrected chi connectivity index (χ3v) is 5.96. The average molecular weight is 542 g/mol. The number of hydrogen-bond acceptors (Lipinski definition) is 6. The molecule has 0 aliphatic carbocycles. The first-order valence-corrected chi connectivity index (χ1v) is 12.1. The second-order valence-electron chi connectivity index (χ2n) is 8.66. The van der Waals surface area contributed by atoms with Crippen LogP contribution in [0.1, 0.15) is 15.9 Å². The normalized spacial score (nSPS) is 13.5. The summed E-state index contributed by atoms with van der Waals surface area (Å²) in [6.45, 7) is 0.452. The van der Waals surface area contributed by atoms with Crippen LogP contribution in [-0.2, 0) is 25.2 Å². The number of halogens is 3. The van der Waals surface area contributed by atoms with Crippen LogP contribution < -0.4 is 15.5 Å². The number of carbonyl (C=O) groups is 3. The highest BCUT2D eigenvalue weighted by Gasteiger charge is 2.32. The number of nitrogens with one attached hydrogen (secondary N) is 2. The number of alkyl halides is 3. The van der Waals surface area contributed by atoms with E-state index >= 15 is 0 Å². The van der Waals surface area contributed by atoms with Gasteiger partial charge in [-0.2, -0.15) is 13.2 Å². The van der Waals surface area contributed by atoms with Crippen molar-refractivity contribution in [3.05, 3.63) is 83.9 Å². The molecule has 1 fully saturated rings. The fourth-order valence-corrected chi connectivity index (χ4v) is 3.98. The van der Waals surface area contributed by atoms with Crippen molar-refractivity contribution in [3.63, 3.8) is 0 Å². The Morgan fingerprint density at radius 2 is 1.56 bits per heavy atom. The number of esters is 1. The molecule has 204 valence electrons. The summed E-state index contributed by atoms with van der Waals surface area (Å²) in [5, 5.41) is 4.82. The van der Waals surface area contributed by atoms with Gasteiger partial charge in [0.05, 0.1) is 30.2 Å². The van der Waals surface area contributed by atoms with Gasteiger partial charge in [-0.15, -0.1) is 0 Å². The third-order valence-electron chi connectivity index (χ3n) is 5.96. The van der Waals surface area contributed by atoms with Crippen molar-refractivity contribution < 1.29 is 37.0 Å². The number of ether oxygens (including phenoxy) is 2. The molecule has 2 amide bonds. The summed E-state index contributed by atoms with van der Waals surface area (Å²) >= 11 is 0. The standard InChI is InChI=1S/C28H26F3N3O5/c29-28(30,31)22-10-11-24(34-12-14-38-15-13-34)23(16-22)33-25(35)18-39-26(36)17-32-27(37)21-8-6-20(7-9-21)19-4-2-1-3-5-19/h1-11,16H,12-15,17-18H2,(H,32,37)(H,33,35). The molecular formula is C28H26F3N3O5. The number of anilines is 2. The highest BCUT2D eigenvalue weighted by Crippen LogP contribution is 2.35. The van der Waals surface area contributed by atoms with Gasteiger partial charge in [0.15, 0.2) is 6.61 Å². The van der Waals surface area contributed by atoms with Crippen LogP contribution >= 0.6 is 0 Å². The largest absolute Gasteiger partial charge is 0.454 e. The van der Waals surface area contributed by atoms with Crippen LogP contribution in [0.15, 0.2) is 72.8 Å². The molecule has 1 saturated heterocycles. The van der Waals surface area contributed by atoms with Crippen molar-refractivity contribution >= 4 is 29.2 Å². The first kappa shape index (κ1) is 27.6. The Bertz CT molecular complexity index is 1310. The highest BCUT2D eigenvalue weighted by molar-refractivity contribution is 5.98. The molecule has 0 aromatic heterocycles. The molecule has 0 unspecified atom stereocenters. The molecule has 0 saturated carbocycles. The Morgan fingerprint density at radius 1 is 0.897 bits per heavy atom. The zero-order valence-corrected chi connectivity index (χ0v) is 20.8. The highest BCUT2D eigenvalue weighted by atomic mass is 19.4. The number of carbonyl (C=O) groups excluding carboxylic acids is 3. The van der Waals surface area contributed by atoms with Crippen molar-refractivity contribution in [1.82, 2.24) is 5.32 Å². The fourth-order valence-electron chi connectivity index (χ4n) is 3.98. The quantitative estimate of drug-likeness (QED) is 0.417. The average Bonchev–Trinajstić information content (AvgIpc) is 2.95. The number of morpholine rings is 1. The summed E-state index contributed by atoms with van der Waals surface area (Å²) in [7, 11) is 0. The van der Waals surface area contributed by atoms with Crippen LogP contribution in [0.3, 0.4) is 0 Å². The summed E-state index contributed by atoms with van der Waals surface area (Å²) in [4.78, 5) is 38.7. The maximum absolute atomic E-state index is 13.3. The van der Waals surface area contributed by atoms with Crippen molar-refractivity contribution in [3.8, 4) is 11.1 Å². The Morgan fingerprint density at radius 3 is 2.23 bits per heavy atom. The smallest absolute Gasteiger partial charge is 0.416 e. The van der Waals surface area contributed by atoms with Crippen LogP contribution in [0.4, 0.5) is 24.5 Å². The molecule has 1 heterocycles. The number of nitrogens with zero attached hydrogens (tertiary/aromatic N) is 1. The number of benzene rings is 3. The second-order valence-corrected chi connectivity index (χ2v) is 8.66. The van der Waals surface area contributed by atoms with Gasteiger partial charge in [-0.3, -0.25) is 14.4 Å². The summed E-state index contributed by atoms with van der Waals surface area (Å²) in [5.74, 6) is -2.20. The Hall–Kier alpha value is -4.38. The van der Waals surface area contributed by atoms with E-state index in [0.717, 1.165) is 23.3 Å². The lowest BCUT2D eigenvalue weighted by Gasteiger charge is -2.31. The van der Waals surface area contributed by atoms with E-state index in [1.165, 1.54) is 6.07 Å². The predicted octanol–water partition coefficient (Wildman–Crippen LogP) is 4.12. The Labute approximate surface area is 222 Å². The monoisotopic (exact) mass is 541 g/mol. The summed E-state index contributed by atoms with van der Waals surface area (Å²) in [6.07, 6.45) is -4.60. The van der Waals surface area contributed by atoms with Gasteiger partial charge in [0, 0.05) is 18.7 Å². The minimum atomic E-state index is -4.60. The summed E-state index contributed by atoms with van der Waals surface area (Å²) < 4.78 is 49.9. The van der Waals surface area contributed by atoms with Gasteiger partial charge in [-0.25, -0.2) is 0 Å². The molecule has 3 aromatic carbocycles. The van der Waals surface area contributed by atoms with Crippen molar-refractivity contribution in [2.75, 3.05) is 49.7 Å². The van der Waals surface area contributed by atoms with Gasteiger partial charge < -0.3 is 25.0 Å². The molecule has 2 N–H and O–H groups in total. The first-order chi connectivity index (χ1) is 18.7. The predicted molar refractivity (Wildman–Crippen MR) is 138 cm³/mol. The lowest BCUT2D eigenvalue weighted by atomic mass is 10.0. The molecule has 0 atom stereocenters. The van der Waals surface area contributed by atoms with Crippen LogP contribution in [-0.4, -0.2) is 57.2 Å². The van der Waals surface area contributed by atoms with Crippen molar-refractivity contribution in [1.29, 1.82) is 0 Å². The minimum Gasteiger partial charge on any atom is -0.454 e. The van der Waals surface area contributed by atoms with E-state index in [9.17, 15) is 27.6 Å². The van der Waals surface area contributed by atoms with Crippen molar-refractivity contribution in [2.24, 2.45) is 0 Å². The molecule has 0 radical (unpaired) electrons. The molecule has 4 rings (SSSR count). The molecule has 3 aromatic rings. The van der Waals surface area contributed by atoms with Gasteiger partial charge in [0.1, 0.15) is 6.54 Å².